The molecule has 0 radical (unpaired) electrons. The largest absolute Gasteiger partial charge is 0.711 e. The molecule has 0 spiro atoms. The van der Waals surface area contributed by atoms with E-state index < -0.39 is 0 Å². The zero-order valence-corrected chi connectivity index (χ0v) is 11.3. The van der Waals surface area contributed by atoms with Crippen LogP contribution in [0.25, 0.3) is 10.9 Å². The van der Waals surface area contributed by atoms with Crippen LogP contribution in [0, 0.1) is 12.1 Å². The maximum atomic E-state index is 12.1. The third-order valence-electron chi connectivity index (χ3n) is 2.86. The van der Waals surface area contributed by atoms with E-state index in [1.807, 2.05) is 45.2 Å². The molecule has 17 heavy (non-hydrogen) atoms. The van der Waals surface area contributed by atoms with Crippen LogP contribution in [0.2, 0.25) is 0 Å². The van der Waals surface area contributed by atoms with Crippen LogP contribution in [0.4, 0.5) is 0 Å². The molecule has 0 fully saturated rings. The average Bonchev–Trinajstić information content (AvgIpc) is 2.33. The minimum Gasteiger partial charge on any atom is -0.711 e. The molecule has 0 unspecified atom stereocenters. The van der Waals surface area contributed by atoms with Gasteiger partial charge in [0.1, 0.15) is 5.69 Å². The lowest BCUT2D eigenvalue weighted by Gasteiger charge is -2.13. The van der Waals surface area contributed by atoms with Crippen molar-refractivity contribution in [3.63, 3.8) is 0 Å². The lowest BCUT2D eigenvalue weighted by atomic mass is 10.1. The van der Waals surface area contributed by atoms with Gasteiger partial charge in [0.25, 0.3) is 0 Å². The van der Waals surface area contributed by atoms with E-state index in [0.717, 1.165) is 26.2 Å². The fourth-order valence-corrected chi connectivity index (χ4v) is 2.28. The minimum absolute atomic E-state index is 0.135. The van der Waals surface area contributed by atoms with E-state index in [9.17, 15) is 5.21 Å². The number of benzene rings is 1. The zero-order chi connectivity index (χ0) is 12.6. The maximum Gasteiger partial charge on any atom is 0.304 e. The Morgan fingerprint density at radius 1 is 1.35 bits per heavy atom. The summed E-state index contributed by atoms with van der Waals surface area (Å²) in [6.07, 6.45) is 2.03. The van der Waals surface area contributed by atoms with Crippen molar-refractivity contribution in [2.45, 2.75) is 31.6 Å². The van der Waals surface area contributed by atoms with Gasteiger partial charge in [0.05, 0.1) is 11.3 Å². The van der Waals surface area contributed by atoms with Crippen molar-refractivity contribution in [2.24, 2.45) is 0 Å². The summed E-state index contributed by atoms with van der Waals surface area (Å²) < 4.78 is 0.955. The molecule has 0 bridgehead atoms. The maximum absolute atomic E-state index is 12.1. The van der Waals surface area contributed by atoms with Gasteiger partial charge in [-0.1, -0.05) is 13.8 Å². The summed E-state index contributed by atoms with van der Waals surface area (Å²) in [4.78, 5) is 5.60. The fraction of sp³-hybridized carbons (Fsp3) is 0.385. The third kappa shape index (κ3) is 2.09. The topological polar surface area (TPSA) is 39.8 Å². The number of aromatic nitrogens is 2. The highest BCUT2D eigenvalue weighted by Gasteiger charge is 2.18. The van der Waals surface area contributed by atoms with E-state index in [2.05, 4.69) is 4.98 Å². The summed E-state index contributed by atoms with van der Waals surface area (Å²) in [6, 6.07) is 6.06. The lowest BCUT2D eigenvalue weighted by molar-refractivity contribution is -0.623. The Balaban J connectivity index is 2.76. The van der Waals surface area contributed by atoms with Crippen LogP contribution in [0.3, 0.4) is 0 Å². The molecule has 0 amide bonds. The van der Waals surface area contributed by atoms with Crippen molar-refractivity contribution in [2.75, 3.05) is 6.26 Å². The first kappa shape index (κ1) is 12.2. The molecule has 0 atom stereocenters. The van der Waals surface area contributed by atoms with Crippen molar-refractivity contribution in [3.8, 4) is 0 Å². The number of aryl methyl sites for hydroxylation is 1. The highest BCUT2D eigenvalue weighted by Crippen LogP contribution is 2.23. The highest BCUT2D eigenvalue weighted by molar-refractivity contribution is 7.98. The molecule has 0 aliphatic carbocycles. The number of hydrogen-bond donors (Lipinski definition) is 0. The van der Waals surface area contributed by atoms with Gasteiger partial charge in [-0.2, -0.15) is 0 Å². The van der Waals surface area contributed by atoms with Crippen LogP contribution in [0.1, 0.15) is 31.3 Å². The molecule has 0 saturated heterocycles. The van der Waals surface area contributed by atoms with Crippen LogP contribution in [-0.2, 0) is 0 Å². The van der Waals surface area contributed by atoms with Crippen molar-refractivity contribution in [1.82, 2.24) is 4.98 Å². The van der Waals surface area contributed by atoms with E-state index in [-0.39, 0.29) is 5.92 Å². The Bertz CT molecular complexity index is 567. The van der Waals surface area contributed by atoms with Gasteiger partial charge >= 0.3 is 5.82 Å². The summed E-state index contributed by atoms with van der Waals surface area (Å²) in [7, 11) is 0. The van der Waals surface area contributed by atoms with Crippen molar-refractivity contribution < 1.29 is 4.73 Å². The normalized spacial score (nSPS) is 11.4. The Morgan fingerprint density at radius 3 is 2.65 bits per heavy atom. The smallest absolute Gasteiger partial charge is 0.304 e. The molecule has 1 heterocycles. The summed E-state index contributed by atoms with van der Waals surface area (Å²) in [5.41, 5.74) is 1.63. The van der Waals surface area contributed by atoms with Gasteiger partial charge in [-0.25, -0.2) is 4.73 Å². The van der Waals surface area contributed by atoms with Crippen molar-refractivity contribution in [1.29, 1.82) is 0 Å². The minimum atomic E-state index is 0.135. The number of nitrogens with zero attached hydrogens (tertiary/aromatic N) is 2. The molecule has 0 N–H and O–H groups in total. The van der Waals surface area contributed by atoms with Crippen LogP contribution in [0.15, 0.2) is 23.1 Å². The monoisotopic (exact) mass is 248 g/mol. The van der Waals surface area contributed by atoms with E-state index in [1.165, 1.54) is 0 Å². The van der Waals surface area contributed by atoms with Crippen LogP contribution >= 0.6 is 11.8 Å². The molecule has 1 aromatic heterocycles. The Kier molecular flexibility index (Phi) is 3.24. The lowest BCUT2D eigenvalue weighted by Crippen LogP contribution is -2.37. The van der Waals surface area contributed by atoms with Crippen molar-refractivity contribution >= 4 is 22.7 Å². The standard InChI is InChI=1S/C13H16N2OS/c1-8(2)13-14-12-6-5-10(17-4)7-11(12)9(3)15(13)16/h5-8H,1-4H3. The second kappa shape index (κ2) is 4.53. The van der Waals surface area contributed by atoms with E-state index in [1.54, 1.807) is 11.8 Å². The van der Waals surface area contributed by atoms with Gasteiger partial charge in [-0.3, -0.25) is 0 Å². The summed E-state index contributed by atoms with van der Waals surface area (Å²) in [6.45, 7) is 5.82. The molecule has 4 heteroatoms. The molecule has 3 nitrogen and oxygen atoms in total. The number of fused-ring (bicyclic) bond motifs is 1. The average molecular weight is 248 g/mol. The summed E-state index contributed by atoms with van der Waals surface area (Å²) >= 11 is 1.67. The summed E-state index contributed by atoms with van der Waals surface area (Å²) in [5.74, 6) is 0.725. The number of hydrogen-bond acceptors (Lipinski definition) is 3. The fourth-order valence-electron chi connectivity index (χ4n) is 1.84. The Morgan fingerprint density at radius 2 is 2.06 bits per heavy atom. The zero-order valence-electron chi connectivity index (χ0n) is 10.5. The molecular weight excluding hydrogens is 232 g/mol. The Hall–Kier alpha value is -1.29. The number of thioether (sulfide) groups is 1. The van der Waals surface area contributed by atoms with E-state index in [0.29, 0.717) is 5.82 Å². The predicted octanol–water partition coefficient (Wildman–Crippen LogP) is 3.02. The molecule has 90 valence electrons. The van der Waals surface area contributed by atoms with Gasteiger partial charge in [0.15, 0.2) is 5.52 Å². The molecule has 1 aromatic carbocycles. The molecule has 0 aliphatic heterocycles. The first-order valence-corrected chi connectivity index (χ1v) is 6.85. The van der Waals surface area contributed by atoms with Crippen LogP contribution in [-0.4, -0.2) is 11.2 Å². The number of rotatable bonds is 2. The van der Waals surface area contributed by atoms with Gasteiger partial charge in [-0.15, -0.1) is 11.8 Å². The van der Waals surface area contributed by atoms with E-state index in [4.69, 9.17) is 0 Å². The first-order chi connectivity index (χ1) is 8.04. The first-order valence-electron chi connectivity index (χ1n) is 5.62. The second-order valence-electron chi connectivity index (χ2n) is 4.39. The van der Waals surface area contributed by atoms with Gasteiger partial charge in [-0.05, 0) is 36.4 Å². The summed E-state index contributed by atoms with van der Waals surface area (Å²) in [5, 5.41) is 13.0. The van der Waals surface area contributed by atoms with Gasteiger partial charge < -0.3 is 5.21 Å². The molecule has 2 aromatic rings. The molecule has 0 saturated carbocycles. The van der Waals surface area contributed by atoms with Crippen LogP contribution < -0.4 is 4.73 Å². The Labute approximate surface area is 105 Å². The predicted molar refractivity (Wildman–Crippen MR) is 71.3 cm³/mol. The second-order valence-corrected chi connectivity index (χ2v) is 5.27. The van der Waals surface area contributed by atoms with Gasteiger partial charge in [0.2, 0.25) is 0 Å². The third-order valence-corrected chi connectivity index (χ3v) is 3.58. The quantitative estimate of drug-likeness (QED) is 0.466. The van der Waals surface area contributed by atoms with E-state index >= 15 is 0 Å². The molecular formula is C13H16N2OS. The molecule has 2 rings (SSSR count). The highest BCUT2D eigenvalue weighted by atomic mass is 32.2. The van der Waals surface area contributed by atoms with Crippen LogP contribution in [0.5, 0.6) is 0 Å². The SMILES string of the molecule is CSc1ccc2nc(C(C)C)[n+]([O-])c(C)c2c1. The molecule has 0 aliphatic rings. The van der Waals surface area contributed by atoms with Crippen molar-refractivity contribution in [3.05, 3.63) is 34.9 Å². The van der Waals surface area contributed by atoms with Gasteiger partial charge in [0, 0.05) is 4.90 Å².